The van der Waals surface area contributed by atoms with Crippen molar-refractivity contribution >= 4 is 28.9 Å². The number of nitrogens with zero attached hydrogens (tertiary/aromatic N) is 1. The van der Waals surface area contributed by atoms with Crippen molar-refractivity contribution in [2.75, 3.05) is 5.32 Å². The number of hydrogen-bond donors (Lipinski definition) is 1. The maximum atomic E-state index is 13.0. The van der Waals surface area contributed by atoms with Gasteiger partial charge in [0.25, 0.3) is 11.5 Å². The smallest absolute Gasteiger partial charge is 0.266 e. The zero-order valence-electron chi connectivity index (χ0n) is 18.2. The molecule has 1 N–H and O–H groups in total. The van der Waals surface area contributed by atoms with Gasteiger partial charge in [-0.05, 0) is 82.3 Å². The highest BCUT2D eigenvalue weighted by Crippen LogP contribution is 2.18. The summed E-state index contributed by atoms with van der Waals surface area (Å²) in [7, 11) is 0. The van der Waals surface area contributed by atoms with Gasteiger partial charge in [-0.2, -0.15) is 0 Å². The lowest BCUT2D eigenvalue weighted by Crippen LogP contribution is -2.29. The third kappa shape index (κ3) is 4.46. The molecule has 0 saturated heterocycles. The van der Waals surface area contributed by atoms with Crippen molar-refractivity contribution in [2.24, 2.45) is 0 Å². The monoisotopic (exact) mass is 430 g/mol. The van der Waals surface area contributed by atoms with Gasteiger partial charge >= 0.3 is 0 Å². The Hall–Kier alpha value is -4.13. The molecule has 0 aliphatic heterocycles. The third-order valence-corrected chi connectivity index (χ3v) is 5.15. The highest BCUT2D eigenvalue weighted by molar-refractivity contribution is 6.07. The van der Waals surface area contributed by atoms with Gasteiger partial charge < -0.3 is 5.32 Å². The Morgan fingerprint density at radius 1 is 0.719 bits per heavy atom. The molecular formula is C25H22N2O5. The maximum Gasteiger partial charge on any atom is 0.266 e. The number of hydrogen-bond acceptors (Lipinski definition) is 5. The van der Waals surface area contributed by atoms with Crippen LogP contribution in [0.4, 0.5) is 5.69 Å². The summed E-state index contributed by atoms with van der Waals surface area (Å²) in [6.45, 7) is 5.76. The summed E-state index contributed by atoms with van der Waals surface area (Å²) in [5.74, 6) is -1.18. The van der Waals surface area contributed by atoms with Crippen LogP contribution in [0.25, 0.3) is 5.69 Å². The quantitative estimate of drug-likeness (QED) is 0.596. The molecule has 0 radical (unpaired) electrons. The lowest BCUT2D eigenvalue weighted by molar-refractivity contribution is 0.100. The van der Waals surface area contributed by atoms with E-state index in [1.807, 2.05) is 0 Å². The molecule has 3 aromatic rings. The zero-order valence-corrected chi connectivity index (χ0v) is 18.2. The van der Waals surface area contributed by atoms with E-state index in [1.165, 1.54) is 31.4 Å². The molecule has 2 aromatic carbocycles. The van der Waals surface area contributed by atoms with Crippen LogP contribution in [0.15, 0.2) is 59.4 Å². The second-order valence-electron chi connectivity index (χ2n) is 7.44. The van der Waals surface area contributed by atoms with Gasteiger partial charge in [0, 0.05) is 28.2 Å². The van der Waals surface area contributed by atoms with Gasteiger partial charge in [0.1, 0.15) is 0 Å². The van der Waals surface area contributed by atoms with Gasteiger partial charge in [0.2, 0.25) is 0 Å². The average molecular weight is 430 g/mol. The van der Waals surface area contributed by atoms with E-state index < -0.39 is 17.2 Å². The number of nitrogens with one attached hydrogen (secondary N) is 1. The Bertz CT molecular complexity index is 1300. The lowest BCUT2D eigenvalue weighted by Gasteiger charge is -2.16. The number of Topliss-reactive ketones (excluding diaryl/α,β-unsaturated/α-hetero) is 3. The van der Waals surface area contributed by atoms with E-state index in [0.29, 0.717) is 28.2 Å². The summed E-state index contributed by atoms with van der Waals surface area (Å²) in [5.41, 5.74) is 1.72. The van der Waals surface area contributed by atoms with Crippen molar-refractivity contribution < 1.29 is 19.2 Å². The fourth-order valence-corrected chi connectivity index (χ4v) is 3.33. The van der Waals surface area contributed by atoms with Gasteiger partial charge in [-0.15, -0.1) is 0 Å². The highest BCUT2D eigenvalue weighted by atomic mass is 16.2. The second kappa shape index (κ2) is 8.93. The van der Waals surface area contributed by atoms with Crippen LogP contribution >= 0.6 is 0 Å². The first-order valence-corrected chi connectivity index (χ1v) is 9.91. The first-order chi connectivity index (χ1) is 15.1. The number of benzene rings is 2. The molecule has 0 atom stereocenters. The van der Waals surface area contributed by atoms with Crippen molar-refractivity contribution in [2.45, 2.75) is 27.7 Å². The molecule has 0 bridgehead atoms. The van der Waals surface area contributed by atoms with Crippen molar-refractivity contribution in [3.05, 3.63) is 92.9 Å². The van der Waals surface area contributed by atoms with Crippen LogP contribution in [-0.4, -0.2) is 27.8 Å². The Labute approximate surface area is 184 Å². The molecule has 1 amide bonds. The van der Waals surface area contributed by atoms with Crippen LogP contribution in [0.3, 0.4) is 0 Å². The topological polar surface area (TPSA) is 102 Å². The predicted molar refractivity (Wildman–Crippen MR) is 121 cm³/mol. The SMILES string of the molecule is CC(=O)c1ccc(NC(=O)c2cc(C(C)=O)c(=O)n(-c3ccc(C(C)=O)cc3)c2C)cc1. The van der Waals surface area contributed by atoms with Gasteiger partial charge in [0.05, 0.1) is 11.1 Å². The van der Waals surface area contributed by atoms with Crippen LogP contribution in [0.5, 0.6) is 0 Å². The fourth-order valence-electron chi connectivity index (χ4n) is 3.33. The molecule has 0 aliphatic rings. The number of anilines is 1. The van der Waals surface area contributed by atoms with Crippen molar-refractivity contribution in [3.8, 4) is 5.69 Å². The molecule has 3 rings (SSSR count). The zero-order chi connectivity index (χ0) is 23.6. The number of amides is 1. The fraction of sp³-hybridized carbons (Fsp3) is 0.160. The molecule has 0 fully saturated rings. The minimum Gasteiger partial charge on any atom is -0.322 e. The van der Waals surface area contributed by atoms with Crippen molar-refractivity contribution in [1.82, 2.24) is 4.57 Å². The molecule has 162 valence electrons. The molecule has 1 aromatic heterocycles. The normalized spacial score (nSPS) is 10.5. The number of pyridine rings is 1. The Morgan fingerprint density at radius 2 is 1.22 bits per heavy atom. The van der Waals surface area contributed by atoms with Crippen LogP contribution < -0.4 is 10.9 Å². The summed E-state index contributed by atoms with van der Waals surface area (Å²) in [6.07, 6.45) is 0. The molecule has 7 heteroatoms. The molecule has 7 nitrogen and oxygen atoms in total. The first kappa shape index (κ1) is 22.6. The van der Waals surface area contributed by atoms with Crippen molar-refractivity contribution in [1.29, 1.82) is 0 Å². The van der Waals surface area contributed by atoms with Crippen LogP contribution in [-0.2, 0) is 0 Å². The highest BCUT2D eigenvalue weighted by Gasteiger charge is 2.20. The summed E-state index contributed by atoms with van der Waals surface area (Å²) in [6, 6.07) is 14.1. The van der Waals surface area contributed by atoms with E-state index in [2.05, 4.69) is 5.32 Å². The van der Waals surface area contributed by atoms with Gasteiger partial charge in [-0.25, -0.2) is 0 Å². The predicted octanol–water partition coefficient (Wildman–Crippen LogP) is 4.01. The minimum atomic E-state index is -0.548. The van der Waals surface area contributed by atoms with Crippen LogP contribution in [0, 0.1) is 6.92 Å². The molecule has 0 saturated carbocycles. The molecule has 32 heavy (non-hydrogen) atoms. The number of rotatable bonds is 6. The summed E-state index contributed by atoms with van der Waals surface area (Å²) >= 11 is 0. The first-order valence-electron chi connectivity index (χ1n) is 9.91. The maximum absolute atomic E-state index is 13.0. The Kier molecular flexibility index (Phi) is 6.30. The second-order valence-corrected chi connectivity index (χ2v) is 7.44. The van der Waals surface area contributed by atoms with E-state index in [4.69, 9.17) is 0 Å². The standard InChI is InChI=1S/C25H22N2O5/c1-14-22(24(31)26-20-9-5-18(6-10-20)15(2)28)13-23(17(4)30)25(32)27(14)21-11-7-19(8-12-21)16(3)29/h5-13H,1-4H3,(H,26,31). The number of aromatic nitrogens is 1. The molecule has 0 spiro atoms. The summed E-state index contributed by atoms with van der Waals surface area (Å²) in [4.78, 5) is 61.1. The van der Waals surface area contributed by atoms with Crippen molar-refractivity contribution in [3.63, 3.8) is 0 Å². The summed E-state index contributed by atoms with van der Waals surface area (Å²) < 4.78 is 1.29. The lowest BCUT2D eigenvalue weighted by atomic mass is 10.1. The molecular weight excluding hydrogens is 408 g/mol. The summed E-state index contributed by atoms with van der Waals surface area (Å²) in [5, 5.41) is 2.73. The van der Waals surface area contributed by atoms with E-state index in [0.717, 1.165) is 0 Å². The average Bonchev–Trinajstić information content (AvgIpc) is 2.74. The van der Waals surface area contributed by atoms with Gasteiger partial charge in [0.15, 0.2) is 17.3 Å². The van der Waals surface area contributed by atoms with Crippen LogP contribution in [0.2, 0.25) is 0 Å². The Morgan fingerprint density at radius 3 is 1.69 bits per heavy atom. The van der Waals surface area contributed by atoms with Crippen LogP contribution in [0.1, 0.15) is 67.9 Å². The van der Waals surface area contributed by atoms with E-state index in [1.54, 1.807) is 55.5 Å². The minimum absolute atomic E-state index is 0.0901. The molecule has 1 heterocycles. The van der Waals surface area contributed by atoms with Gasteiger partial charge in [-0.1, -0.05) is 0 Å². The number of carbonyl (C=O) groups excluding carboxylic acids is 4. The number of carbonyl (C=O) groups is 4. The van der Waals surface area contributed by atoms with E-state index in [-0.39, 0.29) is 22.7 Å². The third-order valence-electron chi connectivity index (χ3n) is 5.15. The van der Waals surface area contributed by atoms with E-state index in [9.17, 15) is 24.0 Å². The molecule has 0 aliphatic carbocycles. The van der Waals surface area contributed by atoms with E-state index >= 15 is 0 Å². The number of ketones is 3. The largest absolute Gasteiger partial charge is 0.322 e. The Balaban J connectivity index is 2.08. The molecule has 0 unspecified atom stereocenters. The van der Waals surface area contributed by atoms with Gasteiger partial charge in [-0.3, -0.25) is 28.5 Å².